The Hall–Kier alpha value is -1.04. The predicted octanol–water partition coefficient (Wildman–Crippen LogP) is 3.04. The van der Waals surface area contributed by atoms with Gasteiger partial charge in [0.25, 0.3) is 0 Å². The molecular weight excluding hydrogens is 267 g/mol. The monoisotopic (exact) mass is 274 g/mol. The fraction of sp³-hybridized carbons (Fsp3) is 0.111. The van der Waals surface area contributed by atoms with E-state index in [0.717, 1.165) is 9.21 Å². The molecule has 0 atom stereocenters. The van der Waals surface area contributed by atoms with Crippen LogP contribution in [0, 0.1) is 0 Å². The smallest absolute Gasteiger partial charge is 0.223 e. The van der Waals surface area contributed by atoms with Gasteiger partial charge in [0.1, 0.15) is 11.0 Å². The van der Waals surface area contributed by atoms with E-state index in [2.05, 4.69) is 15.3 Å². The first-order chi connectivity index (χ1) is 7.63. The van der Waals surface area contributed by atoms with Gasteiger partial charge >= 0.3 is 0 Å². The number of nitrogens with zero attached hydrogens (tertiary/aromatic N) is 2. The van der Waals surface area contributed by atoms with E-state index in [1.54, 1.807) is 6.07 Å². The first-order valence-electron chi connectivity index (χ1n) is 4.41. The minimum Gasteiger partial charge on any atom is -0.368 e. The maximum absolute atomic E-state index is 5.82. The Bertz CT molecular complexity index is 480. The standard InChI is InChI=1S/C9H8Cl2N4S/c10-6-3-8(15-9(12)14-6)13-4-5-1-2-7(11)16-5/h1-3H,4H2,(H3,12,13,14,15). The van der Waals surface area contributed by atoms with Gasteiger partial charge in [0.2, 0.25) is 5.95 Å². The maximum atomic E-state index is 5.82. The predicted molar refractivity (Wildman–Crippen MR) is 68.1 cm³/mol. The summed E-state index contributed by atoms with van der Waals surface area (Å²) in [5.74, 6) is 0.751. The van der Waals surface area contributed by atoms with Gasteiger partial charge in [-0.1, -0.05) is 23.2 Å². The lowest BCUT2D eigenvalue weighted by Gasteiger charge is -2.04. The summed E-state index contributed by atoms with van der Waals surface area (Å²) in [6.45, 7) is 0.629. The SMILES string of the molecule is Nc1nc(Cl)cc(NCc2ccc(Cl)s2)n1. The van der Waals surface area contributed by atoms with Crippen LogP contribution in [-0.4, -0.2) is 9.97 Å². The molecule has 7 heteroatoms. The van der Waals surface area contributed by atoms with Gasteiger partial charge < -0.3 is 11.1 Å². The summed E-state index contributed by atoms with van der Waals surface area (Å²) in [6, 6.07) is 5.42. The van der Waals surface area contributed by atoms with Crippen LogP contribution in [0.25, 0.3) is 0 Å². The van der Waals surface area contributed by atoms with E-state index in [9.17, 15) is 0 Å². The largest absolute Gasteiger partial charge is 0.368 e. The van der Waals surface area contributed by atoms with Crippen LogP contribution in [-0.2, 0) is 6.54 Å². The van der Waals surface area contributed by atoms with Crippen LogP contribution in [0.3, 0.4) is 0 Å². The van der Waals surface area contributed by atoms with Gasteiger partial charge in [0.15, 0.2) is 0 Å². The number of hydrogen-bond acceptors (Lipinski definition) is 5. The Kier molecular flexibility index (Phi) is 3.48. The number of halogens is 2. The van der Waals surface area contributed by atoms with Crippen molar-refractivity contribution in [2.24, 2.45) is 0 Å². The molecule has 4 nitrogen and oxygen atoms in total. The van der Waals surface area contributed by atoms with Crippen LogP contribution in [0.4, 0.5) is 11.8 Å². The molecule has 84 valence electrons. The molecule has 16 heavy (non-hydrogen) atoms. The van der Waals surface area contributed by atoms with Gasteiger partial charge in [0, 0.05) is 10.9 Å². The van der Waals surface area contributed by atoms with Crippen molar-refractivity contribution >= 4 is 46.3 Å². The van der Waals surface area contributed by atoms with Gasteiger partial charge in [-0.05, 0) is 12.1 Å². The highest BCUT2D eigenvalue weighted by molar-refractivity contribution is 7.16. The highest BCUT2D eigenvalue weighted by Crippen LogP contribution is 2.22. The average molecular weight is 275 g/mol. The topological polar surface area (TPSA) is 63.8 Å². The van der Waals surface area contributed by atoms with E-state index >= 15 is 0 Å². The molecule has 0 aliphatic rings. The van der Waals surface area contributed by atoms with Crippen molar-refractivity contribution in [2.75, 3.05) is 11.1 Å². The Morgan fingerprint density at radius 1 is 1.31 bits per heavy atom. The van der Waals surface area contributed by atoms with Crippen molar-refractivity contribution in [3.63, 3.8) is 0 Å². The number of hydrogen-bond donors (Lipinski definition) is 2. The van der Waals surface area contributed by atoms with E-state index in [4.69, 9.17) is 28.9 Å². The lowest BCUT2D eigenvalue weighted by molar-refractivity contribution is 1.11. The molecular formula is C9H8Cl2N4S. The number of nitrogens with one attached hydrogen (secondary N) is 1. The quantitative estimate of drug-likeness (QED) is 0.845. The molecule has 0 aliphatic carbocycles. The lowest BCUT2D eigenvalue weighted by Crippen LogP contribution is -2.03. The van der Waals surface area contributed by atoms with Crippen LogP contribution in [0.5, 0.6) is 0 Å². The zero-order valence-corrected chi connectivity index (χ0v) is 10.4. The minimum atomic E-state index is 0.152. The van der Waals surface area contributed by atoms with Gasteiger partial charge in [-0.2, -0.15) is 4.98 Å². The van der Waals surface area contributed by atoms with Crippen molar-refractivity contribution < 1.29 is 0 Å². The fourth-order valence-corrected chi connectivity index (χ4v) is 2.37. The fourth-order valence-electron chi connectivity index (χ4n) is 1.15. The van der Waals surface area contributed by atoms with Crippen LogP contribution in [0.1, 0.15) is 4.88 Å². The van der Waals surface area contributed by atoms with E-state index in [0.29, 0.717) is 17.5 Å². The summed E-state index contributed by atoms with van der Waals surface area (Å²) in [6.07, 6.45) is 0. The van der Waals surface area contributed by atoms with Crippen molar-refractivity contribution in [1.82, 2.24) is 9.97 Å². The first kappa shape index (κ1) is 11.4. The minimum absolute atomic E-state index is 0.152. The molecule has 0 amide bonds. The maximum Gasteiger partial charge on any atom is 0.223 e. The van der Waals surface area contributed by atoms with Crippen molar-refractivity contribution in [3.05, 3.63) is 32.6 Å². The number of rotatable bonds is 3. The van der Waals surface area contributed by atoms with Gasteiger partial charge in [-0.25, -0.2) is 4.98 Å². The summed E-state index contributed by atoms with van der Waals surface area (Å²) >= 11 is 13.1. The second-order valence-corrected chi connectivity index (χ2v) is 5.18. The Labute approximate surface area is 106 Å². The molecule has 2 aromatic heterocycles. The van der Waals surface area contributed by atoms with Crippen molar-refractivity contribution in [1.29, 1.82) is 0 Å². The number of anilines is 2. The third kappa shape index (κ3) is 2.98. The van der Waals surface area contributed by atoms with E-state index in [1.165, 1.54) is 11.3 Å². The second kappa shape index (κ2) is 4.86. The second-order valence-electron chi connectivity index (χ2n) is 2.99. The summed E-state index contributed by atoms with van der Waals surface area (Å²) in [5, 5.41) is 3.41. The van der Waals surface area contributed by atoms with Gasteiger partial charge in [-0.3, -0.25) is 0 Å². The van der Waals surface area contributed by atoms with Crippen LogP contribution in [0.15, 0.2) is 18.2 Å². The molecule has 2 heterocycles. The van der Waals surface area contributed by atoms with Gasteiger partial charge in [0.05, 0.1) is 10.9 Å². The van der Waals surface area contributed by atoms with Gasteiger partial charge in [-0.15, -0.1) is 11.3 Å². The number of nitrogens with two attached hydrogens (primary N) is 1. The molecule has 0 aliphatic heterocycles. The van der Waals surface area contributed by atoms with Crippen LogP contribution < -0.4 is 11.1 Å². The third-order valence-corrected chi connectivity index (χ3v) is 3.21. The molecule has 0 saturated carbocycles. The number of thiophene rings is 1. The molecule has 2 aromatic rings. The van der Waals surface area contributed by atoms with Crippen molar-refractivity contribution in [3.8, 4) is 0 Å². The zero-order chi connectivity index (χ0) is 11.5. The molecule has 0 bridgehead atoms. The number of nitrogen functional groups attached to an aromatic ring is 1. The normalized spacial score (nSPS) is 10.4. The lowest BCUT2D eigenvalue weighted by atomic mass is 10.4. The molecule has 2 rings (SSSR count). The zero-order valence-electron chi connectivity index (χ0n) is 8.08. The highest BCUT2D eigenvalue weighted by Gasteiger charge is 2.01. The average Bonchev–Trinajstić information content (AvgIpc) is 2.60. The molecule has 3 N–H and O–H groups in total. The molecule has 0 unspecified atom stereocenters. The van der Waals surface area contributed by atoms with E-state index < -0.39 is 0 Å². The highest BCUT2D eigenvalue weighted by atomic mass is 35.5. The Morgan fingerprint density at radius 3 is 2.75 bits per heavy atom. The van der Waals surface area contributed by atoms with Crippen molar-refractivity contribution in [2.45, 2.75) is 6.54 Å². The summed E-state index contributed by atoms with van der Waals surface area (Å²) in [5.41, 5.74) is 5.47. The van der Waals surface area contributed by atoms with Crippen LogP contribution in [0.2, 0.25) is 9.49 Å². The van der Waals surface area contributed by atoms with E-state index in [1.807, 2.05) is 12.1 Å². The van der Waals surface area contributed by atoms with Crippen LogP contribution >= 0.6 is 34.5 Å². The Morgan fingerprint density at radius 2 is 2.12 bits per heavy atom. The third-order valence-electron chi connectivity index (χ3n) is 1.78. The molecule has 0 radical (unpaired) electrons. The summed E-state index contributed by atoms with van der Waals surface area (Å²) in [4.78, 5) is 8.88. The van der Waals surface area contributed by atoms with E-state index in [-0.39, 0.29) is 5.95 Å². The number of aromatic nitrogens is 2. The molecule has 0 aromatic carbocycles. The molecule has 0 saturated heterocycles. The molecule has 0 spiro atoms. The summed E-state index contributed by atoms with van der Waals surface area (Å²) in [7, 11) is 0. The first-order valence-corrected chi connectivity index (χ1v) is 5.99. The Balaban J connectivity index is 2.04. The summed E-state index contributed by atoms with van der Waals surface area (Å²) < 4.78 is 0.761. The molecule has 0 fully saturated rings.